The molecule has 0 unspecified atom stereocenters. The SMILES string of the molecule is CC(C)(CN)CN1C(=O)C2CC(C2)C1=O. The van der Waals surface area contributed by atoms with E-state index in [9.17, 15) is 9.59 Å². The number of rotatable bonds is 3. The van der Waals surface area contributed by atoms with Crippen LogP contribution in [0.4, 0.5) is 0 Å². The van der Waals surface area contributed by atoms with Crippen molar-refractivity contribution >= 4 is 11.8 Å². The van der Waals surface area contributed by atoms with Gasteiger partial charge in [-0.1, -0.05) is 13.8 Å². The number of carbonyl (C=O) groups is 2. The number of fused-ring (bicyclic) bond motifs is 2. The largest absolute Gasteiger partial charge is 0.330 e. The number of imide groups is 1. The van der Waals surface area contributed by atoms with Crippen LogP contribution >= 0.6 is 0 Å². The molecule has 1 saturated carbocycles. The van der Waals surface area contributed by atoms with Crippen molar-refractivity contribution in [3.05, 3.63) is 0 Å². The monoisotopic (exact) mass is 210 g/mol. The summed E-state index contributed by atoms with van der Waals surface area (Å²) in [6.45, 7) is 4.91. The van der Waals surface area contributed by atoms with Crippen LogP contribution in [0.3, 0.4) is 0 Å². The van der Waals surface area contributed by atoms with E-state index in [1.807, 2.05) is 13.8 Å². The molecule has 84 valence electrons. The Bertz CT molecular complexity index is 286. The van der Waals surface area contributed by atoms with Gasteiger partial charge in [0.25, 0.3) is 0 Å². The van der Waals surface area contributed by atoms with E-state index in [0.717, 1.165) is 12.8 Å². The highest BCUT2D eigenvalue weighted by Crippen LogP contribution is 2.42. The lowest BCUT2D eigenvalue weighted by Gasteiger charge is -2.46. The van der Waals surface area contributed by atoms with Crippen LogP contribution in [0, 0.1) is 17.3 Å². The van der Waals surface area contributed by atoms with Gasteiger partial charge in [-0.25, -0.2) is 0 Å². The summed E-state index contributed by atoms with van der Waals surface area (Å²) in [4.78, 5) is 25.1. The van der Waals surface area contributed by atoms with Gasteiger partial charge in [-0.2, -0.15) is 0 Å². The van der Waals surface area contributed by atoms with E-state index in [1.165, 1.54) is 4.90 Å². The highest BCUT2D eigenvalue weighted by atomic mass is 16.2. The summed E-state index contributed by atoms with van der Waals surface area (Å²) >= 11 is 0. The third-order valence-electron chi connectivity index (χ3n) is 3.51. The maximum absolute atomic E-state index is 11.8. The van der Waals surface area contributed by atoms with Crippen LogP contribution < -0.4 is 5.73 Å². The lowest BCUT2D eigenvalue weighted by atomic mass is 9.69. The number of hydrogen-bond donors (Lipinski definition) is 1. The quantitative estimate of drug-likeness (QED) is 0.684. The highest BCUT2D eigenvalue weighted by Gasteiger charge is 2.50. The van der Waals surface area contributed by atoms with Gasteiger partial charge in [0.15, 0.2) is 0 Å². The molecule has 0 radical (unpaired) electrons. The summed E-state index contributed by atoms with van der Waals surface area (Å²) in [6.07, 6.45) is 1.55. The van der Waals surface area contributed by atoms with Gasteiger partial charge in [-0.3, -0.25) is 14.5 Å². The Morgan fingerprint density at radius 2 is 1.73 bits per heavy atom. The molecule has 2 aliphatic heterocycles. The van der Waals surface area contributed by atoms with Crippen LogP contribution in [0.2, 0.25) is 0 Å². The van der Waals surface area contributed by atoms with Gasteiger partial charge in [0.2, 0.25) is 11.8 Å². The Labute approximate surface area is 89.8 Å². The minimum absolute atomic E-state index is 0.0176. The number of nitrogens with two attached hydrogens (primary N) is 1. The van der Waals surface area contributed by atoms with E-state index < -0.39 is 0 Å². The fraction of sp³-hybridized carbons (Fsp3) is 0.818. The molecule has 2 heterocycles. The van der Waals surface area contributed by atoms with Crippen LogP contribution in [-0.4, -0.2) is 29.8 Å². The standard InChI is InChI=1S/C11H18N2O2/c1-11(2,5-12)6-13-9(14)7-3-8(4-7)10(13)15/h7-8H,3-6,12H2,1-2H3. The maximum Gasteiger partial charge on any atom is 0.232 e. The third-order valence-corrected chi connectivity index (χ3v) is 3.51. The van der Waals surface area contributed by atoms with E-state index in [1.54, 1.807) is 0 Å². The highest BCUT2D eigenvalue weighted by molar-refractivity contribution is 6.02. The van der Waals surface area contributed by atoms with Crippen LogP contribution in [0.5, 0.6) is 0 Å². The predicted octanol–water partition coefficient (Wildman–Crippen LogP) is 0.366. The summed E-state index contributed by atoms with van der Waals surface area (Å²) in [5, 5.41) is 0. The molecular formula is C11H18N2O2. The fourth-order valence-electron chi connectivity index (χ4n) is 2.22. The summed E-state index contributed by atoms with van der Waals surface area (Å²) < 4.78 is 0. The number of nitrogens with zero attached hydrogens (tertiary/aromatic N) is 1. The minimum atomic E-state index is -0.172. The summed E-state index contributed by atoms with van der Waals surface area (Å²) in [7, 11) is 0. The first-order valence-corrected chi connectivity index (χ1v) is 5.50. The zero-order valence-corrected chi connectivity index (χ0v) is 9.32. The van der Waals surface area contributed by atoms with Crippen molar-refractivity contribution in [1.29, 1.82) is 0 Å². The van der Waals surface area contributed by atoms with Gasteiger partial charge < -0.3 is 5.73 Å². The molecule has 2 amide bonds. The average Bonchev–Trinajstić information content (AvgIpc) is 2.09. The summed E-state index contributed by atoms with van der Waals surface area (Å²) in [5.74, 6) is 0.260. The maximum atomic E-state index is 11.8. The first-order valence-electron chi connectivity index (χ1n) is 5.50. The van der Waals surface area contributed by atoms with Crippen molar-refractivity contribution in [3.63, 3.8) is 0 Å². The van der Waals surface area contributed by atoms with Crippen molar-refractivity contribution < 1.29 is 9.59 Å². The summed E-state index contributed by atoms with van der Waals surface area (Å²) in [6, 6.07) is 0. The Morgan fingerprint density at radius 1 is 1.27 bits per heavy atom. The van der Waals surface area contributed by atoms with E-state index in [2.05, 4.69) is 0 Å². The second-order valence-electron chi connectivity index (χ2n) is 5.50. The smallest absolute Gasteiger partial charge is 0.232 e. The molecule has 0 aromatic heterocycles. The number of piperidine rings is 2. The van der Waals surface area contributed by atoms with Crippen molar-refractivity contribution in [3.8, 4) is 0 Å². The molecule has 2 N–H and O–H groups in total. The zero-order valence-electron chi connectivity index (χ0n) is 9.32. The molecule has 1 aliphatic carbocycles. The predicted molar refractivity (Wildman–Crippen MR) is 55.8 cm³/mol. The van der Waals surface area contributed by atoms with Crippen molar-refractivity contribution in [2.75, 3.05) is 13.1 Å². The molecule has 0 aromatic rings. The number of carbonyl (C=O) groups excluding carboxylic acids is 2. The third kappa shape index (κ3) is 1.67. The van der Waals surface area contributed by atoms with Crippen LogP contribution in [-0.2, 0) is 9.59 Å². The molecule has 2 bridgehead atoms. The van der Waals surface area contributed by atoms with Crippen molar-refractivity contribution in [2.45, 2.75) is 26.7 Å². The molecule has 4 nitrogen and oxygen atoms in total. The topological polar surface area (TPSA) is 63.4 Å². The molecular weight excluding hydrogens is 192 g/mol. The van der Waals surface area contributed by atoms with Gasteiger partial charge >= 0.3 is 0 Å². The lowest BCUT2D eigenvalue weighted by molar-refractivity contribution is -0.166. The van der Waals surface area contributed by atoms with Crippen LogP contribution in [0.1, 0.15) is 26.7 Å². The first-order chi connectivity index (χ1) is 6.94. The van der Waals surface area contributed by atoms with Gasteiger partial charge in [0.05, 0.1) is 0 Å². The lowest BCUT2D eigenvalue weighted by Crippen LogP contribution is -2.59. The normalized spacial score (nSPS) is 30.5. The first kappa shape index (κ1) is 10.6. The Morgan fingerprint density at radius 3 is 2.13 bits per heavy atom. The van der Waals surface area contributed by atoms with E-state index in [-0.39, 0.29) is 29.1 Å². The molecule has 4 heteroatoms. The van der Waals surface area contributed by atoms with E-state index in [4.69, 9.17) is 5.73 Å². The minimum Gasteiger partial charge on any atom is -0.330 e. The van der Waals surface area contributed by atoms with Gasteiger partial charge in [-0.05, 0) is 24.8 Å². The second-order valence-corrected chi connectivity index (χ2v) is 5.50. The van der Waals surface area contributed by atoms with Crippen molar-refractivity contribution in [2.24, 2.45) is 23.0 Å². The van der Waals surface area contributed by atoms with Gasteiger partial charge in [-0.15, -0.1) is 0 Å². The zero-order chi connectivity index (χ0) is 11.2. The Hall–Kier alpha value is -0.900. The Kier molecular flexibility index (Phi) is 2.34. The molecule has 2 saturated heterocycles. The average molecular weight is 210 g/mol. The second kappa shape index (κ2) is 3.30. The molecule has 0 spiro atoms. The van der Waals surface area contributed by atoms with Crippen molar-refractivity contribution in [1.82, 2.24) is 4.90 Å². The van der Waals surface area contributed by atoms with E-state index >= 15 is 0 Å². The fourth-order valence-corrected chi connectivity index (χ4v) is 2.22. The molecule has 0 atom stereocenters. The van der Waals surface area contributed by atoms with E-state index in [0.29, 0.717) is 13.1 Å². The van der Waals surface area contributed by atoms with Gasteiger partial charge in [0, 0.05) is 18.4 Å². The summed E-state index contributed by atoms with van der Waals surface area (Å²) in [5.41, 5.74) is 5.44. The molecule has 3 fully saturated rings. The molecule has 15 heavy (non-hydrogen) atoms. The molecule has 0 aromatic carbocycles. The van der Waals surface area contributed by atoms with Gasteiger partial charge in [0.1, 0.15) is 0 Å². The number of hydrogen-bond acceptors (Lipinski definition) is 3. The molecule has 3 rings (SSSR count). The molecule has 3 aliphatic rings. The Balaban J connectivity index is 2.09. The van der Waals surface area contributed by atoms with Crippen LogP contribution in [0.15, 0.2) is 0 Å². The number of amides is 2. The van der Waals surface area contributed by atoms with Crippen LogP contribution in [0.25, 0.3) is 0 Å².